The Hall–Kier alpha value is -2.04. The van der Waals surface area contributed by atoms with Gasteiger partial charge in [-0.25, -0.2) is 0 Å². The van der Waals surface area contributed by atoms with Crippen molar-refractivity contribution in [3.8, 4) is 0 Å². The van der Waals surface area contributed by atoms with Crippen molar-refractivity contribution in [2.24, 2.45) is 0 Å². The fourth-order valence-electron chi connectivity index (χ4n) is 3.60. The smallest absolute Gasteiger partial charge is 0.242 e. The Bertz CT molecular complexity index is 877. The molecule has 0 bridgehead atoms. The molecule has 174 valence electrons. The highest BCUT2D eigenvalue weighted by molar-refractivity contribution is 6.36. The van der Waals surface area contributed by atoms with E-state index < -0.39 is 6.04 Å². The maximum Gasteiger partial charge on any atom is 0.242 e. The average molecular weight is 477 g/mol. The molecule has 1 N–H and O–H groups in total. The fraction of sp³-hybridized carbons (Fsp3) is 0.462. The van der Waals surface area contributed by atoms with E-state index in [1.807, 2.05) is 13.8 Å². The Morgan fingerprint density at radius 2 is 1.62 bits per heavy atom. The number of nitrogens with one attached hydrogen (secondary N) is 1. The van der Waals surface area contributed by atoms with Gasteiger partial charge in [-0.15, -0.1) is 0 Å². The van der Waals surface area contributed by atoms with Crippen LogP contribution in [0.2, 0.25) is 10.0 Å². The van der Waals surface area contributed by atoms with E-state index in [-0.39, 0.29) is 18.4 Å². The Labute approximate surface area is 202 Å². The predicted molar refractivity (Wildman–Crippen MR) is 133 cm³/mol. The van der Waals surface area contributed by atoms with E-state index >= 15 is 0 Å². The minimum Gasteiger partial charge on any atom is -0.354 e. The molecule has 6 heteroatoms. The number of amides is 2. The van der Waals surface area contributed by atoms with Crippen LogP contribution in [0, 0.1) is 0 Å². The zero-order chi connectivity index (χ0) is 23.7. The van der Waals surface area contributed by atoms with Gasteiger partial charge in [0.1, 0.15) is 6.04 Å². The summed E-state index contributed by atoms with van der Waals surface area (Å²) in [6.45, 7) is 9.00. The molecule has 2 amide bonds. The molecule has 0 radical (unpaired) electrons. The third-order valence-electron chi connectivity index (χ3n) is 5.60. The summed E-state index contributed by atoms with van der Waals surface area (Å²) in [5.41, 5.74) is 3.03. The van der Waals surface area contributed by atoms with E-state index in [0.717, 1.165) is 12.0 Å². The third-order valence-corrected chi connectivity index (χ3v) is 6.31. The second-order valence-electron chi connectivity index (χ2n) is 8.33. The molecule has 0 aromatic heterocycles. The lowest BCUT2D eigenvalue weighted by molar-refractivity contribution is -0.141. The summed E-state index contributed by atoms with van der Waals surface area (Å²) < 4.78 is 0. The van der Waals surface area contributed by atoms with E-state index in [1.54, 1.807) is 23.1 Å². The van der Waals surface area contributed by atoms with Crippen molar-refractivity contribution in [2.75, 3.05) is 6.54 Å². The van der Waals surface area contributed by atoms with Gasteiger partial charge in [0.15, 0.2) is 0 Å². The van der Waals surface area contributed by atoms with Gasteiger partial charge < -0.3 is 10.2 Å². The van der Waals surface area contributed by atoms with E-state index in [2.05, 4.69) is 43.4 Å². The minimum atomic E-state index is -0.579. The van der Waals surface area contributed by atoms with Crippen molar-refractivity contribution < 1.29 is 9.59 Å². The number of hydrogen-bond donors (Lipinski definition) is 1. The average Bonchev–Trinajstić information content (AvgIpc) is 2.78. The van der Waals surface area contributed by atoms with Gasteiger partial charge in [0.2, 0.25) is 11.8 Å². The molecule has 0 spiro atoms. The number of carbonyl (C=O) groups is 2. The molecule has 2 rings (SSSR count). The molecule has 0 heterocycles. The summed E-state index contributed by atoms with van der Waals surface area (Å²) in [5.74, 6) is 0.230. The standard InChI is InChI=1S/C26H34Cl2N2O2/c1-5-16-29-26(32)24(6-2)30(17-21-22(27)8-7-9-23(21)28)25(31)15-12-19-10-13-20(14-11-19)18(3)4/h7-11,13-14,18,24H,5-6,12,15-17H2,1-4H3,(H,29,32)/t24-/m1/s1. The number of benzene rings is 2. The second-order valence-corrected chi connectivity index (χ2v) is 9.15. The first-order valence-corrected chi connectivity index (χ1v) is 12.1. The van der Waals surface area contributed by atoms with Crippen LogP contribution in [0.15, 0.2) is 42.5 Å². The van der Waals surface area contributed by atoms with E-state index in [9.17, 15) is 9.59 Å². The number of carbonyl (C=O) groups excluding carboxylic acids is 2. The van der Waals surface area contributed by atoms with E-state index in [1.165, 1.54) is 5.56 Å². The SMILES string of the molecule is CCCNC(=O)[C@@H](CC)N(Cc1c(Cl)cccc1Cl)C(=O)CCc1ccc(C(C)C)cc1. The highest BCUT2D eigenvalue weighted by Gasteiger charge is 2.29. The maximum atomic E-state index is 13.4. The molecule has 0 aliphatic carbocycles. The van der Waals surface area contributed by atoms with Crippen LogP contribution in [0.3, 0.4) is 0 Å². The second kappa shape index (κ2) is 12.9. The lowest BCUT2D eigenvalue weighted by Gasteiger charge is -2.31. The van der Waals surface area contributed by atoms with Crippen molar-refractivity contribution in [3.05, 3.63) is 69.2 Å². The van der Waals surface area contributed by atoms with Crippen LogP contribution >= 0.6 is 23.2 Å². The largest absolute Gasteiger partial charge is 0.354 e. The van der Waals surface area contributed by atoms with Gasteiger partial charge in [0, 0.05) is 35.1 Å². The number of halogens is 2. The summed E-state index contributed by atoms with van der Waals surface area (Å²) in [6.07, 6.45) is 2.25. The molecule has 2 aromatic carbocycles. The molecule has 0 unspecified atom stereocenters. The van der Waals surface area contributed by atoms with E-state index in [4.69, 9.17) is 23.2 Å². The summed E-state index contributed by atoms with van der Waals surface area (Å²) in [4.78, 5) is 27.8. The van der Waals surface area contributed by atoms with Crippen molar-refractivity contribution >= 4 is 35.0 Å². The third kappa shape index (κ3) is 7.25. The lowest BCUT2D eigenvalue weighted by atomic mass is 10.00. The molecule has 1 atom stereocenters. The van der Waals surface area contributed by atoms with Crippen LogP contribution in [0.5, 0.6) is 0 Å². The first kappa shape index (κ1) is 26.2. The Balaban J connectivity index is 2.23. The topological polar surface area (TPSA) is 49.4 Å². The molecule has 0 saturated heterocycles. The van der Waals surface area contributed by atoms with Crippen molar-refractivity contribution in [2.45, 2.75) is 71.9 Å². The quantitative estimate of drug-likeness (QED) is 0.408. The maximum absolute atomic E-state index is 13.4. The summed E-state index contributed by atoms with van der Waals surface area (Å²) in [5, 5.41) is 3.90. The van der Waals surface area contributed by atoms with Gasteiger partial charge in [-0.05, 0) is 48.4 Å². The number of nitrogens with zero attached hydrogens (tertiary/aromatic N) is 1. The van der Waals surface area contributed by atoms with Crippen LogP contribution < -0.4 is 5.32 Å². The molecule has 0 saturated carbocycles. The Kier molecular flexibility index (Phi) is 10.5. The molecular weight excluding hydrogens is 443 g/mol. The highest BCUT2D eigenvalue weighted by Crippen LogP contribution is 2.27. The normalized spacial score (nSPS) is 12.0. The first-order valence-electron chi connectivity index (χ1n) is 11.4. The Morgan fingerprint density at radius 1 is 1.00 bits per heavy atom. The van der Waals surface area contributed by atoms with Crippen LogP contribution in [0.25, 0.3) is 0 Å². The molecular formula is C26H34Cl2N2O2. The monoisotopic (exact) mass is 476 g/mol. The summed E-state index contributed by atoms with van der Waals surface area (Å²) in [7, 11) is 0. The van der Waals surface area contributed by atoms with Gasteiger partial charge in [0.05, 0.1) is 0 Å². The molecule has 32 heavy (non-hydrogen) atoms. The zero-order valence-corrected chi connectivity index (χ0v) is 21.0. The Morgan fingerprint density at radius 3 is 2.16 bits per heavy atom. The number of hydrogen-bond acceptors (Lipinski definition) is 2. The lowest BCUT2D eigenvalue weighted by Crippen LogP contribution is -2.49. The molecule has 4 nitrogen and oxygen atoms in total. The van der Waals surface area contributed by atoms with Crippen LogP contribution in [0.4, 0.5) is 0 Å². The number of aryl methyl sites for hydroxylation is 1. The molecule has 0 aliphatic rings. The van der Waals surface area contributed by atoms with Gasteiger partial charge in [-0.3, -0.25) is 9.59 Å². The van der Waals surface area contributed by atoms with Crippen molar-refractivity contribution in [1.82, 2.24) is 10.2 Å². The first-order chi connectivity index (χ1) is 15.3. The summed E-state index contributed by atoms with van der Waals surface area (Å²) in [6, 6.07) is 13.1. The molecule has 0 aliphatic heterocycles. The van der Waals surface area contributed by atoms with Crippen molar-refractivity contribution in [1.29, 1.82) is 0 Å². The van der Waals surface area contributed by atoms with Crippen LogP contribution in [-0.4, -0.2) is 29.3 Å². The van der Waals surface area contributed by atoms with Crippen LogP contribution in [-0.2, 0) is 22.6 Å². The minimum absolute atomic E-state index is 0.0904. The predicted octanol–water partition coefficient (Wildman–Crippen LogP) is 6.38. The van der Waals surface area contributed by atoms with Crippen LogP contribution in [0.1, 0.15) is 69.6 Å². The van der Waals surface area contributed by atoms with Gasteiger partial charge in [0.25, 0.3) is 0 Å². The summed E-state index contributed by atoms with van der Waals surface area (Å²) >= 11 is 12.8. The highest BCUT2D eigenvalue weighted by atomic mass is 35.5. The van der Waals surface area contributed by atoms with Gasteiger partial charge >= 0.3 is 0 Å². The molecule has 2 aromatic rings. The van der Waals surface area contributed by atoms with Gasteiger partial charge in [-0.1, -0.05) is 81.2 Å². The van der Waals surface area contributed by atoms with Crippen molar-refractivity contribution in [3.63, 3.8) is 0 Å². The van der Waals surface area contributed by atoms with Gasteiger partial charge in [-0.2, -0.15) is 0 Å². The number of rotatable bonds is 11. The fourth-order valence-corrected chi connectivity index (χ4v) is 4.12. The molecule has 0 fully saturated rings. The zero-order valence-electron chi connectivity index (χ0n) is 19.5. The van der Waals surface area contributed by atoms with E-state index in [0.29, 0.717) is 47.3 Å².